The molecule has 29 heavy (non-hydrogen) atoms. The molecule has 0 aliphatic carbocycles. The van der Waals surface area contributed by atoms with E-state index in [1.807, 2.05) is 30.3 Å². The van der Waals surface area contributed by atoms with E-state index in [1.165, 1.54) is 11.8 Å². The zero-order chi connectivity index (χ0) is 21.1. The third-order valence-electron chi connectivity index (χ3n) is 4.41. The van der Waals surface area contributed by atoms with Crippen molar-refractivity contribution >= 4 is 33.4 Å². The summed E-state index contributed by atoms with van der Waals surface area (Å²) in [6, 6.07) is 16.2. The molecule has 0 atom stereocenters. The Morgan fingerprint density at radius 1 is 0.931 bits per heavy atom. The number of benzene rings is 2. The summed E-state index contributed by atoms with van der Waals surface area (Å²) in [4.78, 5) is 13.4. The predicted molar refractivity (Wildman–Crippen MR) is 121 cm³/mol. The number of hydrogen-bond acceptors (Lipinski definition) is 4. The van der Waals surface area contributed by atoms with Gasteiger partial charge in [-0.05, 0) is 49.2 Å². The first-order valence-corrected chi connectivity index (χ1v) is 12.5. The van der Waals surface area contributed by atoms with Crippen molar-refractivity contribution < 1.29 is 13.2 Å². The van der Waals surface area contributed by atoms with Gasteiger partial charge in [0.15, 0.2) is 0 Å². The number of hydrogen-bond donors (Lipinski definition) is 1. The Hall–Kier alpha value is -1.83. The molecule has 2 aromatic carbocycles. The van der Waals surface area contributed by atoms with Crippen LogP contribution < -0.4 is 5.32 Å². The average Bonchev–Trinajstić information content (AvgIpc) is 2.73. The number of rotatable bonds is 12. The molecule has 7 heteroatoms. The third kappa shape index (κ3) is 7.49. The number of nitrogens with zero attached hydrogens (tertiary/aromatic N) is 1. The van der Waals surface area contributed by atoms with Crippen molar-refractivity contribution in [3.8, 4) is 0 Å². The van der Waals surface area contributed by atoms with E-state index in [4.69, 9.17) is 0 Å². The molecule has 0 spiro atoms. The maximum atomic E-state index is 13.0. The van der Waals surface area contributed by atoms with Crippen LogP contribution in [0, 0.1) is 0 Å². The molecule has 0 unspecified atom stereocenters. The summed E-state index contributed by atoms with van der Waals surface area (Å²) in [5.74, 6) is 0.174. The Balaban J connectivity index is 1.98. The zero-order valence-corrected chi connectivity index (χ0v) is 18.8. The molecule has 2 rings (SSSR count). The molecule has 0 radical (unpaired) electrons. The van der Waals surface area contributed by atoms with E-state index in [1.54, 1.807) is 28.6 Å². The van der Waals surface area contributed by atoms with E-state index in [0.717, 1.165) is 30.6 Å². The smallest absolute Gasteiger partial charge is 0.243 e. The summed E-state index contributed by atoms with van der Waals surface area (Å²) in [6.07, 6.45) is 3.58. The lowest BCUT2D eigenvalue weighted by Crippen LogP contribution is -2.33. The van der Waals surface area contributed by atoms with E-state index in [-0.39, 0.29) is 10.8 Å². The molecule has 0 aliphatic heterocycles. The van der Waals surface area contributed by atoms with Crippen LogP contribution in [0.25, 0.3) is 0 Å². The largest absolute Gasteiger partial charge is 0.325 e. The number of carbonyl (C=O) groups is 1. The van der Waals surface area contributed by atoms with Crippen LogP contribution in [0.4, 0.5) is 5.69 Å². The molecule has 0 aromatic heterocycles. The van der Waals surface area contributed by atoms with Crippen LogP contribution in [-0.2, 0) is 14.8 Å². The van der Waals surface area contributed by atoms with Crippen LogP contribution in [0.3, 0.4) is 0 Å². The minimum Gasteiger partial charge on any atom is -0.325 e. The second-order valence-electron chi connectivity index (χ2n) is 6.79. The lowest BCUT2D eigenvalue weighted by molar-refractivity contribution is -0.113. The van der Waals surface area contributed by atoms with Crippen molar-refractivity contribution in [3.05, 3.63) is 54.6 Å². The SMILES string of the molecule is CCCCN(CCCC)S(=O)(=O)c1ccc(NC(=O)CSc2ccccc2)cc1. The van der Waals surface area contributed by atoms with Crippen molar-refractivity contribution in [3.63, 3.8) is 0 Å². The van der Waals surface area contributed by atoms with Crippen LogP contribution in [0.15, 0.2) is 64.4 Å². The molecule has 5 nitrogen and oxygen atoms in total. The molecule has 1 N–H and O–H groups in total. The number of amides is 1. The van der Waals surface area contributed by atoms with E-state index in [2.05, 4.69) is 19.2 Å². The fourth-order valence-electron chi connectivity index (χ4n) is 2.74. The number of unbranched alkanes of at least 4 members (excludes halogenated alkanes) is 2. The Labute approximate surface area is 178 Å². The molecule has 1 amide bonds. The normalized spacial score (nSPS) is 11.6. The first-order chi connectivity index (χ1) is 14.0. The van der Waals surface area contributed by atoms with Crippen LogP contribution in [0.1, 0.15) is 39.5 Å². The highest BCUT2D eigenvalue weighted by Gasteiger charge is 2.23. The first-order valence-electron chi connectivity index (χ1n) is 10.0. The zero-order valence-electron chi connectivity index (χ0n) is 17.1. The molecule has 0 saturated heterocycles. The molecule has 0 fully saturated rings. The summed E-state index contributed by atoms with van der Waals surface area (Å²) in [7, 11) is -3.52. The van der Waals surface area contributed by atoms with Crippen LogP contribution in [-0.4, -0.2) is 37.5 Å². The summed E-state index contributed by atoms with van der Waals surface area (Å²) >= 11 is 1.46. The molecule has 158 valence electrons. The number of thioether (sulfide) groups is 1. The highest BCUT2D eigenvalue weighted by molar-refractivity contribution is 8.00. The van der Waals surface area contributed by atoms with E-state index < -0.39 is 10.0 Å². The number of anilines is 1. The van der Waals surface area contributed by atoms with Crippen molar-refractivity contribution in [1.82, 2.24) is 4.31 Å². The van der Waals surface area contributed by atoms with E-state index in [9.17, 15) is 13.2 Å². The predicted octanol–water partition coefficient (Wildman–Crippen LogP) is 5.01. The summed E-state index contributed by atoms with van der Waals surface area (Å²) in [5, 5.41) is 2.82. The molecule has 0 bridgehead atoms. The number of sulfonamides is 1. The van der Waals surface area contributed by atoms with Gasteiger partial charge in [0.1, 0.15) is 0 Å². The van der Waals surface area contributed by atoms with Gasteiger partial charge in [0.05, 0.1) is 10.6 Å². The number of nitrogens with one attached hydrogen (secondary N) is 1. The standard InChI is InChI=1S/C22H30N2O3S2/c1-3-5-16-24(17-6-4-2)29(26,27)21-14-12-19(13-15-21)23-22(25)18-28-20-10-8-7-9-11-20/h7-15H,3-6,16-18H2,1-2H3,(H,23,25). The van der Waals surface area contributed by atoms with E-state index in [0.29, 0.717) is 24.5 Å². The second-order valence-corrected chi connectivity index (χ2v) is 9.77. The molecular formula is C22H30N2O3S2. The van der Waals surface area contributed by atoms with Gasteiger partial charge in [-0.3, -0.25) is 4.79 Å². The maximum absolute atomic E-state index is 13.0. The Morgan fingerprint density at radius 2 is 1.52 bits per heavy atom. The fourth-order valence-corrected chi connectivity index (χ4v) is 4.98. The Bertz CT molecular complexity index is 845. The summed E-state index contributed by atoms with van der Waals surface area (Å²) < 4.78 is 27.5. The van der Waals surface area contributed by atoms with Gasteiger partial charge in [0.2, 0.25) is 15.9 Å². The fraction of sp³-hybridized carbons (Fsp3) is 0.409. The van der Waals surface area contributed by atoms with Crippen LogP contribution in [0.5, 0.6) is 0 Å². The monoisotopic (exact) mass is 434 g/mol. The van der Waals surface area contributed by atoms with Gasteiger partial charge in [-0.2, -0.15) is 4.31 Å². The quantitative estimate of drug-likeness (QED) is 0.477. The van der Waals surface area contributed by atoms with Gasteiger partial charge in [-0.1, -0.05) is 44.9 Å². The van der Waals surface area contributed by atoms with Crippen LogP contribution in [0.2, 0.25) is 0 Å². The minimum atomic E-state index is -3.52. The van der Waals surface area contributed by atoms with Crippen molar-refractivity contribution in [2.24, 2.45) is 0 Å². The summed E-state index contributed by atoms with van der Waals surface area (Å²) in [5.41, 5.74) is 0.594. The maximum Gasteiger partial charge on any atom is 0.243 e. The van der Waals surface area contributed by atoms with Crippen molar-refractivity contribution in [2.45, 2.75) is 49.3 Å². The molecule has 0 saturated carbocycles. The lowest BCUT2D eigenvalue weighted by atomic mass is 10.3. The highest BCUT2D eigenvalue weighted by atomic mass is 32.2. The molecule has 2 aromatic rings. The lowest BCUT2D eigenvalue weighted by Gasteiger charge is -2.22. The van der Waals surface area contributed by atoms with Gasteiger partial charge >= 0.3 is 0 Å². The summed E-state index contributed by atoms with van der Waals surface area (Å²) in [6.45, 7) is 5.18. The van der Waals surface area contributed by atoms with Gasteiger partial charge in [0.25, 0.3) is 0 Å². The first kappa shape index (κ1) is 23.4. The van der Waals surface area contributed by atoms with Gasteiger partial charge < -0.3 is 5.32 Å². The van der Waals surface area contributed by atoms with Crippen LogP contribution >= 0.6 is 11.8 Å². The van der Waals surface area contributed by atoms with Gasteiger partial charge in [-0.25, -0.2) is 8.42 Å². The average molecular weight is 435 g/mol. The van der Waals surface area contributed by atoms with Gasteiger partial charge in [-0.15, -0.1) is 11.8 Å². The third-order valence-corrected chi connectivity index (χ3v) is 7.34. The molecular weight excluding hydrogens is 404 g/mol. The minimum absolute atomic E-state index is 0.123. The molecule has 0 heterocycles. The number of carbonyl (C=O) groups excluding carboxylic acids is 1. The van der Waals surface area contributed by atoms with Crippen molar-refractivity contribution in [1.29, 1.82) is 0 Å². The van der Waals surface area contributed by atoms with Crippen molar-refractivity contribution in [2.75, 3.05) is 24.2 Å². The topological polar surface area (TPSA) is 66.5 Å². The molecule has 0 aliphatic rings. The van der Waals surface area contributed by atoms with Gasteiger partial charge in [0, 0.05) is 23.7 Å². The van der Waals surface area contributed by atoms with E-state index >= 15 is 0 Å². The second kappa shape index (κ2) is 12.0. The Morgan fingerprint density at radius 3 is 2.07 bits per heavy atom. The Kier molecular flexibility index (Phi) is 9.70. The highest BCUT2D eigenvalue weighted by Crippen LogP contribution is 2.21.